The van der Waals surface area contributed by atoms with E-state index in [1.165, 1.54) is 0 Å². The summed E-state index contributed by atoms with van der Waals surface area (Å²) in [6, 6.07) is 12.5. The third kappa shape index (κ3) is 5.25. The molecule has 0 saturated heterocycles. The van der Waals surface area contributed by atoms with Crippen molar-refractivity contribution in [3.05, 3.63) is 53.6 Å². The van der Waals surface area contributed by atoms with Gasteiger partial charge in [0.05, 0.1) is 12.2 Å². The van der Waals surface area contributed by atoms with Crippen molar-refractivity contribution in [2.24, 2.45) is 0 Å². The molecule has 0 atom stereocenters. The zero-order valence-corrected chi connectivity index (χ0v) is 13.7. The SMILES string of the molecule is Cc1ccc(C)c(NCC(=O)Nc2ccccc2SC(F)F)c1. The quantitative estimate of drug-likeness (QED) is 0.753. The van der Waals surface area contributed by atoms with Crippen LogP contribution in [0.1, 0.15) is 11.1 Å². The minimum absolute atomic E-state index is 0.0674. The first-order valence-electron chi connectivity index (χ1n) is 7.10. The lowest BCUT2D eigenvalue weighted by atomic mass is 10.1. The molecule has 0 bridgehead atoms. The average molecular weight is 336 g/mol. The molecule has 0 unspecified atom stereocenters. The van der Waals surface area contributed by atoms with Crippen molar-refractivity contribution in [1.29, 1.82) is 0 Å². The third-order valence-corrected chi connectivity index (χ3v) is 4.00. The maximum absolute atomic E-state index is 12.5. The van der Waals surface area contributed by atoms with Gasteiger partial charge in [-0.25, -0.2) is 0 Å². The number of amides is 1. The molecule has 122 valence electrons. The maximum Gasteiger partial charge on any atom is 0.288 e. The average Bonchev–Trinajstić information content (AvgIpc) is 2.50. The molecule has 0 saturated carbocycles. The Kier molecular flexibility index (Phi) is 5.98. The molecule has 0 heterocycles. The highest BCUT2D eigenvalue weighted by atomic mass is 32.2. The number of aryl methyl sites for hydroxylation is 2. The number of para-hydroxylation sites is 1. The lowest BCUT2D eigenvalue weighted by molar-refractivity contribution is -0.114. The molecule has 0 aliphatic heterocycles. The van der Waals surface area contributed by atoms with Crippen molar-refractivity contribution in [1.82, 2.24) is 0 Å². The number of nitrogens with one attached hydrogen (secondary N) is 2. The Hall–Kier alpha value is -2.08. The topological polar surface area (TPSA) is 41.1 Å². The van der Waals surface area contributed by atoms with Gasteiger partial charge in [-0.15, -0.1) is 0 Å². The van der Waals surface area contributed by atoms with Gasteiger partial charge in [0, 0.05) is 10.6 Å². The molecule has 0 aliphatic carbocycles. The first kappa shape index (κ1) is 17.3. The fourth-order valence-corrected chi connectivity index (χ4v) is 2.66. The molecule has 23 heavy (non-hydrogen) atoms. The molecule has 0 fully saturated rings. The van der Waals surface area contributed by atoms with Gasteiger partial charge >= 0.3 is 0 Å². The summed E-state index contributed by atoms with van der Waals surface area (Å²) in [5, 5.41) is 5.73. The smallest absolute Gasteiger partial charge is 0.288 e. The van der Waals surface area contributed by atoms with Gasteiger partial charge in [0.15, 0.2) is 0 Å². The van der Waals surface area contributed by atoms with Crippen LogP contribution in [0.2, 0.25) is 0 Å². The number of thioether (sulfide) groups is 1. The van der Waals surface area contributed by atoms with Crippen LogP contribution in [0.4, 0.5) is 20.2 Å². The van der Waals surface area contributed by atoms with Crippen molar-refractivity contribution >= 4 is 29.0 Å². The van der Waals surface area contributed by atoms with Gasteiger partial charge in [-0.2, -0.15) is 8.78 Å². The molecule has 1 amide bonds. The lowest BCUT2D eigenvalue weighted by Gasteiger charge is -2.13. The predicted octanol–water partition coefficient (Wildman–Crippen LogP) is 4.67. The van der Waals surface area contributed by atoms with Gasteiger partial charge in [0.1, 0.15) is 0 Å². The number of benzene rings is 2. The zero-order valence-electron chi connectivity index (χ0n) is 12.9. The minimum Gasteiger partial charge on any atom is -0.376 e. The van der Waals surface area contributed by atoms with E-state index < -0.39 is 5.76 Å². The Morgan fingerprint density at radius 3 is 2.61 bits per heavy atom. The Bertz CT molecular complexity index is 692. The molecule has 0 radical (unpaired) electrons. The van der Waals surface area contributed by atoms with E-state index in [4.69, 9.17) is 0 Å². The van der Waals surface area contributed by atoms with Crippen molar-refractivity contribution in [3.8, 4) is 0 Å². The van der Waals surface area contributed by atoms with Gasteiger partial charge in [0.2, 0.25) is 5.91 Å². The van der Waals surface area contributed by atoms with Crippen LogP contribution < -0.4 is 10.6 Å². The number of rotatable bonds is 6. The van der Waals surface area contributed by atoms with E-state index in [1.54, 1.807) is 24.3 Å². The van der Waals surface area contributed by atoms with Gasteiger partial charge < -0.3 is 10.6 Å². The van der Waals surface area contributed by atoms with Gasteiger partial charge in [-0.05, 0) is 43.2 Å². The molecule has 2 N–H and O–H groups in total. The Morgan fingerprint density at radius 2 is 1.87 bits per heavy atom. The molecule has 0 aromatic heterocycles. The molecular formula is C17H18F2N2OS. The Balaban J connectivity index is 1.99. The van der Waals surface area contributed by atoms with Gasteiger partial charge in [0.25, 0.3) is 5.76 Å². The van der Waals surface area contributed by atoms with E-state index >= 15 is 0 Å². The van der Waals surface area contributed by atoms with Crippen molar-refractivity contribution in [2.75, 3.05) is 17.2 Å². The summed E-state index contributed by atoms with van der Waals surface area (Å²) in [4.78, 5) is 12.4. The first-order valence-corrected chi connectivity index (χ1v) is 7.98. The Morgan fingerprint density at radius 1 is 1.13 bits per heavy atom. The summed E-state index contributed by atoms with van der Waals surface area (Å²) in [5.41, 5.74) is 3.41. The van der Waals surface area contributed by atoms with Gasteiger partial charge in [-0.1, -0.05) is 36.0 Å². The third-order valence-electron chi connectivity index (χ3n) is 3.21. The molecule has 0 aliphatic rings. The fraction of sp³-hybridized carbons (Fsp3) is 0.235. The van der Waals surface area contributed by atoms with Crippen LogP contribution in [0.5, 0.6) is 0 Å². The second-order valence-electron chi connectivity index (χ2n) is 5.09. The number of anilines is 2. The van der Waals surface area contributed by atoms with E-state index in [9.17, 15) is 13.6 Å². The second-order valence-corrected chi connectivity index (χ2v) is 6.13. The molecular weight excluding hydrogens is 318 g/mol. The first-order chi connectivity index (χ1) is 11.0. The summed E-state index contributed by atoms with van der Waals surface area (Å²) in [5.74, 6) is -2.81. The largest absolute Gasteiger partial charge is 0.376 e. The van der Waals surface area contributed by atoms with Crippen molar-refractivity contribution in [3.63, 3.8) is 0 Å². The molecule has 2 rings (SSSR count). The highest BCUT2D eigenvalue weighted by Crippen LogP contribution is 2.31. The van der Waals surface area contributed by atoms with Crippen LogP contribution in [-0.2, 0) is 4.79 Å². The normalized spacial score (nSPS) is 10.7. The summed E-state index contributed by atoms with van der Waals surface area (Å²) in [6.07, 6.45) is 0. The van der Waals surface area contributed by atoms with E-state index in [0.29, 0.717) is 22.3 Å². The number of hydrogen-bond acceptors (Lipinski definition) is 3. The van der Waals surface area contributed by atoms with Crippen LogP contribution in [0.3, 0.4) is 0 Å². The van der Waals surface area contributed by atoms with Gasteiger partial charge in [-0.3, -0.25) is 4.79 Å². The standard InChI is InChI=1S/C17H18F2N2OS/c1-11-7-8-12(2)14(9-11)20-10-16(22)21-13-5-3-4-6-15(13)23-17(18)19/h3-9,17,20H,10H2,1-2H3,(H,21,22). The summed E-state index contributed by atoms with van der Waals surface area (Å²) in [7, 11) is 0. The Labute approximate surface area is 138 Å². The minimum atomic E-state index is -2.53. The number of carbonyl (C=O) groups is 1. The predicted molar refractivity (Wildman–Crippen MR) is 91.3 cm³/mol. The summed E-state index contributed by atoms with van der Waals surface area (Å²) < 4.78 is 25.1. The van der Waals surface area contributed by atoms with Crippen molar-refractivity contribution < 1.29 is 13.6 Å². The molecule has 2 aromatic carbocycles. The second kappa shape index (κ2) is 7.97. The van der Waals surface area contributed by atoms with Crippen LogP contribution in [0.15, 0.2) is 47.4 Å². The maximum atomic E-state index is 12.5. The zero-order chi connectivity index (χ0) is 16.8. The molecule has 2 aromatic rings. The number of alkyl halides is 2. The van der Waals surface area contributed by atoms with E-state index in [2.05, 4.69) is 10.6 Å². The number of hydrogen-bond donors (Lipinski definition) is 2. The monoisotopic (exact) mass is 336 g/mol. The highest BCUT2D eigenvalue weighted by molar-refractivity contribution is 7.99. The number of carbonyl (C=O) groups excluding carboxylic acids is 1. The van der Waals surface area contributed by atoms with E-state index in [0.717, 1.165) is 16.8 Å². The van der Waals surface area contributed by atoms with Crippen LogP contribution in [-0.4, -0.2) is 18.2 Å². The molecule has 6 heteroatoms. The summed E-state index contributed by atoms with van der Waals surface area (Å²) in [6.45, 7) is 3.99. The van der Waals surface area contributed by atoms with E-state index in [1.807, 2.05) is 32.0 Å². The van der Waals surface area contributed by atoms with Crippen molar-refractivity contribution in [2.45, 2.75) is 24.5 Å². The number of halogens is 2. The van der Waals surface area contributed by atoms with Crippen LogP contribution >= 0.6 is 11.8 Å². The molecule has 3 nitrogen and oxygen atoms in total. The van der Waals surface area contributed by atoms with E-state index in [-0.39, 0.29) is 12.5 Å². The summed E-state index contributed by atoms with van der Waals surface area (Å²) >= 11 is 0.417. The highest BCUT2D eigenvalue weighted by Gasteiger charge is 2.11. The fourth-order valence-electron chi connectivity index (χ4n) is 2.06. The lowest BCUT2D eigenvalue weighted by Crippen LogP contribution is -2.22. The van der Waals surface area contributed by atoms with Crippen LogP contribution in [0, 0.1) is 13.8 Å². The van der Waals surface area contributed by atoms with Crippen LogP contribution in [0.25, 0.3) is 0 Å². The molecule has 0 spiro atoms.